The number of para-hydroxylation sites is 1. The van der Waals surface area contributed by atoms with E-state index >= 15 is 0 Å². The Labute approximate surface area is 125 Å². The summed E-state index contributed by atoms with van der Waals surface area (Å²) in [6.07, 6.45) is 5.10. The molecule has 21 heavy (non-hydrogen) atoms. The van der Waals surface area contributed by atoms with E-state index in [0.717, 1.165) is 48.9 Å². The van der Waals surface area contributed by atoms with Crippen molar-refractivity contribution in [2.24, 2.45) is 0 Å². The van der Waals surface area contributed by atoms with Crippen LogP contribution in [0.15, 0.2) is 30.5 Å². The molecule has 4 heteroatoms. The Morgan fingerprint density at radius 3 is 3.14 bits per heavy atom. The van der Waals surface area contributed by atoms with Crippen molar-refractivity contribution in [3.63, 3.8) is 0 Å². The summed E-state index contributed by atoms with van der Waals surface area (Å²) in [6, 6.07) is 7.93. The Morgan fingerprint density at radius 2 is 2.29 bits per heavy atom. The van der Waals surface area contributed by atoms with E-state index < -0.39 is 0 Å². The molecule has 0 saturated carbocycles. The van der Waals surface area contributed by atoms with Gasteiger partial charge >= 0.3 is 0 Å². The summed E-state index contributed by atoms with van der Waals surface area (Å²) in [5.41, 5.74) is 1.78. The van der Waals surface area contributed by atoms with Crippen LogP contribution in [0.4, 0.5) is 0 Å². The van der Waals surface area contributed by atoms with E-state index in [1.165, 1.54) is 0 Å². The molecule has 0 spiro atoms. The first kappa shape index (κ1) is 14.1. The molecule has 0 bridgehead atoms. The number of fused-ring (bicyclic) bond motifs is 1. The Bertz CT molecular complexity index is 620. The number of amides is 1. The summed E-state index contributed by atoms with van der Waals surface area (Å²) in [4.78, 5) is 17.8. The van der Waals surface area contributed by atoms with E-state index in [1.807, 2.05) is 35.4 Å². The second-order valence-electron chi connectivity index (χ2n) is 5.63. The molecule has 1 aliphatic heterocycles. The van der Waals surface area contributed by atoms with Gasteiger partial charge in [0.1, 0.15) is 0 Å². The molecular weight excluding hydrogens is 264 g/mol. The first-order valence-electron chi connectivity index (χ1n) is 7.76. The molecule has 1 aromatic carbocycles. The van der Waals surface area contributed by atoms with Gasteiger partial charge in [-0.1, -0.05) is 25.1 Å². The van der Waals surface area contributed by atoms with Crippen molar-refractivity contribution in [1.29, 1.82) is 0 Å². The zero-order valence-corrected chi connectivity index (χ0v) is 12.5. The van der Waals surface area contributed by atoms with E-state index in [-0.39, 0.29) is 12.0 Å². The van der Waals surface area contributed by atoms with Crippen LogP contribution < -0.4 is 0 Å². The van der Waals surface area contributed by atoms with Crippen LogP contribution in [0.2, 0.25) is 0 Å². The van der Waals surface area contributed by atoms with Gasteiger partial charge in [-0.05, 0) is 25.3 Å². The van der Waals surface area contributed by atoms with Crippen LogP contribution in [0.1, 0.15) is 36.5 Å². The van der Waals surface area contributed by atoms with Crippen molar-refractivity contribution in [1.82, 2.24) is 9.88 Å². The van der Waals surface area contributed by atoms with E-state index in [0.29, 0.717) is 6.54 Å². The molecule has 1 aromatic heterocycles. The SMILES string of the molecule is CCCOC1CCCN(C(=O)c2c[nH]c3ccccc23)C1. The molecule has 1 saturated heterocycles. The number of hydrogen-bond acceptors (Lipinski definition) is 2. The van der Waals surface area contributed by atoms with Crippen LogP contribution in [0, 0.1) is 0 Å². The molecule has 0 aliphatic carbocycles. The molecule has 1 unspecified atom stereocenters. The number of H-pyrrole nitrogens is 1. The first-order chi connectivity index (χ1) is 10.3. The molecule has 2 aromatic rings. The number of rotatable bonds is 4. The normalized spacial score (nSPS) is 19.1. The zero-order chi connectivity index (χ0) is 14.7. The molecule has 4 nitrogen and oxygen atoms in total. The number of piperidine rings is 1. The topological polar surface area (TPSA) is 45.3 Å². The number of carbonyl (C=O) groups excluding carboxylic acids is 1. The van der Waals surface area contributed by atoms with Crippen LogP contribution >= 0.6 is 0 Å². The molecule has 2 heterocycles. The Kier molecular flexibility index (Phi) is 4.25. The molecule has 3 rings (SSSR count). The predicted octanol–water partition coefficient (Wildman–Crippen LogP) is 3.20. The highest BCUT2D eigenvalue weighted by Crippen LogP contribution is 2.22. The van der Waals surface area contributed by atoms with Crippen LogP contribution in [-0.4, -0.2) is 41.6 Å². The van der Waals surface area contributed by atoms with Crippen LogP contribution in [-0.2, 0) is 4.74 Å². The number of nitrogens with zero attached hydrogens (tertiary/aromatic N) is 1. The largest absolute Gasteiger partial charge is 0.376 e. The number of likely N-dealkylation sites (tertiary alicyclic amines) is 1. The summed E-state index contributed by atoms with van der Waals surface area (Å²) >= 11 is 0. The Balaban J connectivity index is 1.75. The number of benzene rings is 1. The lowest BCUT2D eigenvalue weighted by Gasteiger charge is -2.32. The van der Waals surface area contributed by atoms with E-state index in [1.54, 1.807) is 0 Å². The predicted molar refractivity (Wildman–Crippen MR) is 83.5 cm³/mol. The highest BCUT2D eigenvalue weighted by atomic mass is 16.5. The molecule has 112 valence electrons. The summed E-state index contributed by atoms with van der Waals surface area (Å²) < 4.78 is 5.82. The monoisotopic (exact) mass is 286 g/mol. The quantitative estimate of drug-likeness (QED) is 0.938. The molecule has 1 fully saturated rings. The zero-order valence-electron chi connectivity index (χ0n) is 12.5. The van der Waals surface area contributed by atoms with Crippen LogP contribution in [0.5, 0.6) is 0 Å². The van der Waals surface area contributed by atoms with Gasteiger partial charge in [-0.2, -0.15) is 0 Å². The maximum absolute atomic E-state index is 12.7. The lowest BCUT2D eigenvalue weighted by atomic mass is 10.1. The minimum Gasteiger partial charge on any atom is -0.376 e. The molecule has 0 radical (unpaired) electrons. The molecule has 1 aliphatic rings. The van der Waals surface area contributed by atoms with Gasteiger partial charge in [-0.25, -0.2) is 0 Å². The Morgan fingerprint density at radius 1 is 1.43 bits per heavy atom. The summed E-state index contributed by atoms with van der Waals surface area (Å²) in [5, 5.41) is 0.999. The van der Waals surface area contributed by atoms with Crippen molar-refractivity contribution < 1.29 is 9.53 Å². The lowest BCUT2D eigenvalue weighted by Crippen LogP contribution is -2.43. The fourth-order valence-corrected chi connectivity index (χ4v) is 2.96. The van der Waals surface area contributed by atoms with Gasteiger partial charge in [-0.3, -0.25) is 4.79 Å². The van der Waals surface area contributed by atoms with E-state index in [4.69, 9.17) is 4.74 Å². The Hall–Kier alpha value is -1.81. The number of nitrogens with one attached hydrogen (secondary N) is 1. The third-order valence-electron chi connectivity index (χ3n) is 4.04. The van der Waals surface area contributed by atoms with Gasteiger partial charge < -0.3 is 14.6 Å². The number of hydrogen-bond donors (Lipinski definition) is 1. The van der Waals surface area contributed by atoms with Crippen LogP contribution in [0.25, 0.3) is 10.9 Å². The number of ether oxygens (including phenoxy) is 1. The van der Waals surface area contributed by atoms with Crippen LogP contribution in [0.3, 0.4) is 0 Å². The second kappa shape index (κ2) is 6.31. The van der Waals surface area contributed by atoms with E-state index in [9.17, 15) is 4.79 Å². The fraction of sp³-hybridized carbons (Fsp3) is 0.471. The number of aromatic nitrogens is 1. The van der Waals surface area contributed by atoms with Crippen molar-refractivity contribution in [3.8, 4) is 0 Å². The fourth-order valence-electron chi connectivity index (χ4n) is 2.96. The van der Waals surface area contributed by atoms with E-state index in [2.05, 4.69) is 11.9 Å². The van der Waals surface area contributed by atoms with Gasteiger partial charge in [0.2, 0.25) is 0 Å². The number of aromatic amines is 1. The smallest absolute Gasteiger partial charge is 0.256 e. The van der Waals surface area contributed by atoms with Gasteiger partial charge in [0, 0.05) is 36.8 Å². The van der Waals surface area contributed by atoms with Gasteiger partial charge in [0.05, 0.1) is 11.7 Å². The molecule has 1 N–H and O–H groups in total. The summed E-state index contributed by atoms with van der Waals surface area (Å²) in [6.45, 7) is 4.42. The maximum Gasteiger partial charge on any atom is 0.256 e. The van der Waals surface area contributed by atoms with Crippen molar-refractivity contribution >= 4 is 16.8 Å². The highest BCUT2D eigenvalue weighted by molar-refractivity contribution is 6.06. The minimum atomic E-state index is 0.109. The lowest BCUT2D eigenvalue weighted by molar-refractivity contribution is 0.00218. The molecule has 1 amide bonds. The summed E-state index contributed by atoms with van der Waals surface area (Å²) in [7, 11) is 0. The third-order valence-corrected chi connectivity index (χ3v) is 4.04. The first-order valence-corrected chi connectivity index (χ1v) is 7.76. The van der Waals surface area contributed by atoms with Crippen molar-refractivity contribution in [3.05, 3.63) is 36.0 Å². The van der Waals surface area contributed by atoms with Crippen molar-refractivity contribution in [2.75, 3.05) is 19.7 Å². The molecular formula is C17H22N2O2. The summed E-state index contributed by atoms with van der Waals surface area (Å²) in [5.74, 6) is 0.109. The second-order valence-corrected chi connectivity index (χ2v) is 5.63. The average molecular weight is 286 g/mol. The molecule has 1 atom stereocenters. The minimum absolute atomic E-state index is 0.109. The van der Waals surface area contributed by atoms with Crippen molar-refractivity contribution in [2.45, 2.75) is 32.3 Å². The van der Waals surface area contributed by atoms with Gasteiger partial charge in [0.15, 0.2) is 0 Å². The standard InChI is InChI=1S/C17H22N2O2/c1-2-10-21-13-6-5-9-19(12-13)17(20)15-11-18-16-8-4-3-7-14(15)16/h3-4,7-8,11,13,18H,2,5-6,9-10,12H2,1H3. The van der Waals surface area contributed by atoms with Gasteiger partial charge in [-0.15, -0.1) is 0 Å². The maximum atomic E-state index is 12.7. The average Bonchev–Trinajstić information content (AvgIpc) is 2.96. The van der Waals surface area contributed by atoms with Gasteiger partial charge in [0.25, 0.3) is 5.91 Å². The number of carbonyl (C=O) groups is 1. The highest BCUT2D eigenvalue weighted by Gasteiger charge is 2.26. The third kappa shape index (κ3) is 2.95.